The average molecular weight is 385 g/mol. The minimum atomic E-state index is 0.856. The lowest BCUT2D eigenvalue weighted by Crippen LogP contribution is -2.11. The summed E-state index contributed by atoms with van der Waals surface area (Å²) >= 11 is 10.4. The monoisotopic (exact) mass is 382 g/mol. The molecular formula is C9H9Br3N2. The zero-order valence-corrected chi connectivity index (χ0v) is 12.2. The van der Waals surface area contributed by atoms with Crippen molar-refractivity contribution >= 4 is 52.4 Å². The molecule has 2 nitrogen and oxygen atoms in total. The molecule has 1 saturated heterocycles. The van der Waals surface area contributed by atoms with Crippen LogP contribution >= 0.6 is 47.8 Å². The van der Waals surface area contributed by atoms with E-state index in [0.717, 1.165) is 32.4 Å². The van der Waals surface area contributed by atoms with Crippen molar-refractivity contribution in [3.8, 4) is 0 Å². The molecule has 0 bridgehead atoms. The van der Waals surface area contributed by atoms with Crippen molar-refractivity contribution in [2.75, 3.05) is 13.1 Å². The summed E-state index contributed by atoms with van der Waals surface area (Å²) in [5.41, 5.74) is 0.991. The maximum Gasteiger partial charge on any atom is 0.122 e. The van der Waals surface area contributed by atoms with Gasteiger partial charge in [0.05, 0.1) is 14.7 Å². The molecule has 0 unspecified atom stereocenters. The zero-order chi connectivity index (χ0) is 10.1. The molecule has 0 radical (unpaired) electrons. The third-order valence-corrected chi connectivity index (χ3v) is 5.48. The van der Waals surface area contributed by atoms with E-state index in [9.17, 15) is 0 Å². The first kappa shape index (κ1) is 10.9. The van der Waals surface area contributed by atoms with Gasteiger partial charge in [0.2, 0.25) is 0 Å². The van der Waals surface area contributed by atoms with Crippen molar-refractivity contribution in [3.63, 3.8) is 0 Å². The van der Waals surface area contributed by atoms with E-state index in [2.05, 4.69) is 63.9 Å². The Morgan fingerprint density at radius 1 is 1.07 bits per heavy atom. The Bertz CT molecular complexity index is 338. The molecule has 0 aromatic rings. The fraction of sp³-hybridized carbons (Fsp3) is 0.444. The summed E-state index contributed by atoms with van der Waals surface area (Å²) in [6.07, 6.45) is 4.70. The van der Waals surface area contributed by atoms with Gasteiger partial charge >= 0.3 is 0 Å². The number of nitrogens with zero attached hydrogens (tertiary/aromatic N) is 2. The molecule has 5 heteroatoms. The second kappa shape index (κ2) is 4.49. The molecule has 0 amide bonds. The molecule has 0 aromatic heterocycles. The first-order valence-corrected chi connectivity index (χ1v) is 6.82. The molecular weight excluding hydrogens is 376 g/mol. The minimum absolute atomic E-state index is 0.856. The zero-order valence-electron chi connectivity index (χ0n) is 7.43. The van der Waals surface area contributed by atoms with Crippen LogP contribution in [0.1, 0.15) is 12.8 Å². The Hall–Kier alpha value is 0.390. The van der Waals surface area contributed by atoms with E-state index in [-0.39, 0.29) is 0 Å². The second-order valence-electron chi connectivity index (χ2n) is 3.29. The molecule has 0 saturated carbocycles. The number of rotatable bonds is 1. The minimum Gasteiger partial charge on any atom is -0.376 e. The fourth-order valence-electron chi connectivity index (χ4n) is 1.54. The van der Waals surface area contributed by atoms with E-state index >= 15 is 0 Å². The van der Waals surface area contributed by atoms with E-state index in [1.54, 1.807) is 0 Å². The fourth-order valence-corrected chi connectivity index (χ4v) is 2.86. The molecule has 0 aliphatic carbocycles. The number of aliphatic imine (C=N–C) groups is 1. The summed E-state index contributed by atoms with van der Waals surface area (Å²) in [6.45, 7) is 2.29. The summed E-state index contributed by atoms with van der Waals surface area (Å²) < 4.78 is 2.87. The lowest BCUT2D eigenvalue weighted by molar-refractivity contribution is 0.465. The van der Waals surface area contributed by atoms with Crippen molar-refractivity contribution in [1.82, 2.24) is 4.90 Å². The van der Waals surface area contributed by atoms with Crippen LogP contribution in [0.4, 0.5) is 0 Å². The smallest absolute Gasteiger partial charge is 0.122 e. The molecule has 0 spiro atoms. The Morgan fingerprint density at radius 2 is 1.71 bits per heavy atom. The summed E-state index contributed by atoms with van der Waals surface area (Å²) in [7, 11) is 0. The van der Waals surface area contributed by atoms with Crippen molar-refractivity contribution in [2.24, 2.45) is 4.99 Å². The average Bonchev–Trinajstić information content (AvgIpc) is 2.73. The van der Waals surface area contributed by atoms with Gasteiger partial charge in [-0.2, -0.15) is 0 Å². The number of hydrogen-bond donors (Lipinski definition) is 0. The van der Waals surface area contributed by atoms with Crippen LogP contribution in [-0.2, 0) is 0 Å². The summed E-state index contributed by atoms with van der Waals surface area (Å²) in [5.74, 6) is 0. The maximum atomic E-state index is 4.40. The van der Waals surface area contributed by atoms with E-state index < -0.39 is 0 Å². The van der Waals surface area contributed by atoms with Crippen LogP contribution in [0.2, 0.25) is 0 Å². The highest BCUT2D eigenvalue weighted by Crippen LogP contribution is 2.35. The number of hydrogen-bond acceptors (Lipinski definition) is 2. The topological polar surface area (TPSA) is 15.6 Å². The van der Waals surface area contributed by atoms with E-state index in [4.69, 9.17) is 0 Å². The molecule has 2 aliphatic rings. The highest BCUT2D eigenvalue weighted by atomic mass is 79.9. The molecule has 0 aromatic carbocycles. The van der Waals surface area contributed by atoms with Gasteiger partial charge in [0, 0.05) is 19.3 Å². The highest BCUT2D eigenvalue weighted by Gasteiger charge is 2.19. The van der Waals surface area contributed by atoms with Crippen molar-refractivity contribution < 1.29 is 0 Å². The highest BCUT2D eigenvalue weighted by molar-refractivity contribution is 9.21. The SMILES string of the molecule is BrC1=NC(=CN2CCCC2)C(Br)=C1Br. The van der Waals surface area contributed by atoms with E-state index in [1.165, 1.54) is 12.8 Å². The molecule has 76 valence electrons. The van der Waals surface area contributed by atoms with Crippen LogP contribution in [0.5, 0.6) is 0 Å². The molecule has 0 N–H and O–H groups in total. The van der Waals surface area contributed by atoms with Crippen LogP contribution in [0, 0.1) is 0 Å². The summed E-state index contributed by atoms with van der Waals surface area (Å²) in [6, 6.07) is 0. The normalized spacial score (nSPS) is 25.2. The van der Waals surface area contributed by atoms with Crippen molar-refractivity contribution in [1.29, 1.82) is 0 Å². The lowest BCUT2D eigenvalue weighted by atomic mass is 10.4. The van der Waals surface area contributed by atoms with Gasteiger partial charge in [0.25, 0.3) is 0 Å². The predicted octanol–water partition coefficient (Wildman–Crippen LogP) is 3.73. The molecule has 2 rings (SSSR count). The van der Waals surface area contributed by atoms with Gasteiger partial charge in [-0.3, -0.25) is 0 Å². The van der Waals surface area contributed by atoms with Gasteiger partial charge in [-0.05, 0) is 60.6 Å². The van der Waals surface area contributed by atoms with Gasteiger partial charge in [-0.1, -0.05) is 0 Å². The largest absolute Gasteiger partial charge is 0.376 e. The van der Waals surface area contributed by atoms with Crippen LogP contribution in [-0.4, -0.2) is 22.6 Å². The van der Waals surface area contributed by atoms with Gasteiger partial charge in [0.1, 0.15) is 4.62 Å². The molecule has 2 aliphatic heterocycles. The molecule has 2 heterocycles. The van der Waals surface area contributed by atoms with Gasteiger partial charge in [0.15, 0.2) is 0 Å². The summed E-state index contributed by atoms with van der Waals surface area (Å²) in [5, 5.41) is 0. The third kappa shape index (κ3) is 2.14. The third-order valence-electron chi connectivity index (χ3n) is 2.26. The van der Waals surface area contributed by atoms with E-state index in [1.807, 2.05) is 0 Å². The van der Waals surface area contributed by atoms with Crippen LogP contribution in [0.15, 0.2) is 25.9 Å². The summed E-state index contributed by atoms with van der Waals surface area (Å²) in [4.78, 5) is 6.71. The Labute approximate surface area is 109 Å². The Kier molecular flexibility index (Phi) is 3.50. The van der Waals surface area contributed by atoms with E-state index in [0.29, 0.717) is 0 Å². The Morgan fingerprint density at radius 3 is 2.21 bits per heavy atom. The second-order valence-corrected chi connectivity index (χ2v) is 5.63. The number of likely N-dealkylation sites (tertiary alicyclic amines) is 1. The number of halogens is 3. The van der Waals surface area contributed by atoms with Crippen molar-refractivity contribution in [2.45, 2.75) is 12.8 Å². The lowest BCUT2D eigenvalue weighted by Gasteiger charge is -2.11. The van der Waals surface area contributed by atoms with Crippen LogP contribution < -0.4 is 0 Å². The first-order valence-electron chi connectivity index (χ1n) is 4.44. The van der Waals surface area contributed by atoms with Crippen molar-refractivity contribution in [3.05, 3.63) is 20.9 Å². The molecule has 1 fully saturated rings. The van der Waals surface area contributed by atoms with Gasteiger partial charge < -0.3 is 4.90 Å². The molecule has 0 atom stereocenters. The number of allylic oxidation sites excluding steroid dienone is 2. The predicted molar refractivity (Wildman–Crippen MR) is 70.1 cm³/mol. The molecule has 14 heavy (non-hydrogen) atoms. The van der Waals surface area contributed by atoms with Gasteiger partial charge in [-0.15, -0.1) is 0 Å². The standard InChI is InChI=1S/C9H9Br3N2/c10-7-6(13-9(12)8(7)11)5-14-3-1-2-4-14/h5H,1-4H2. The Balaban J connectivity index is 2.20. The quantitative estimate of drug-likeness (QED) is 0.672. The maximum absolute atomic E-state index is 4.40. The van der Waals surface area contributed by atoms with Crippen LogP contribution in [0.3, 0.4) is 0 Å². The first-order chi connectivity index (χ1) is 6.68. The van der Waals surface area contributed by atoms with Gasteiger partial charge in [-0.25, -0.2) is 4.99 Å². The van der Waals surface area contributed by atoms with Crippen LogP contribution in [0.25, 0.3) is 0 Å².